The zero-order valence-corrected chi connectivity index (χ0v) is 10.2. The Morgan fingerprint density at radius 1 is 1.25 bits per heavy atom. The topological polar surface area (TPSA) is 9.23 Å². The van der Waals surface area contributed by atoms with Crippen LogP contribution in [-0.2, 0) is 11.3 Å². The molecular weight excluding hydrogens is 196 g/mol. The molecule has 0 radical (unpaired) electrons. The Balaban J connectivity index is 2.24. The Morgan fingerprint density at radius 3 is 2.69 bits per heavy atom. The van der Waals surface area contributed by atoms with Gasteiger partial charge >= 0.3 is 0 Å². The van der Waals surface area contributed by atoms with Crippen LogP contribution in [0.2, 0.25) is 0 Å². The highest BCUT2D eigenvalue weighted by Gasteiger charge is 1.97. The summed E-state index contributed by atoms with van der Waals surface area (Å²) in [5.41, 5.74) is 1.20. The third kappa shape index (κ3) is 5.58. The molecule has 0 spiro atoms. The minimum absolute atomic E-state index is 0.0251. The number of unbranched alkanes of at least 4 members (excludes halogenated alkanes) is 2. The minimum Gasteiger partial charge on any atom is -0.361 e. The van der Waals surface area contributed by atoms with Gasteiger partial charge in [0.2, 0.25) is 0 Å². The van der Waals surface area contributed by atoms with Crippen molar-refractivity contribution < 1.29 is 4.74 Å². The van der Waals surface area contributed by atoms with E-state index in [2.05, 4.69) is 30.9 Å². The van der Waals surface area contributed by atoms with Crippen LogP contribution in [0.1, 0.15) is 38.7 Å². The number of rotatable bonds is 5. The quantitative estimate of drug-likeness (QED) is 0.537. The molecule has 86 valence electrons. The Hall–Kier alpha value is -1.26. The first-order chi connectivity index (χ1) is 7.83. The standard InChI is InChI=1S/C15H20O/c1-3-4-5-7-10-14(2)16-13-15-11-8-6-9-12-15/h6,8-9,11-12,14H,3-5,13H2,1-2H3. The SMILES string of the molecule is CCCCC#CC(C)OCc1ccccc1. The summed E-state index contributed by atoms with van der Waals surface area (Å²) in [5, 5.41) is 0. The van der Waals surface area contributed by atoms with Crippen molar-refractivity contribution in [2.24, 2.45) is 0 Å². The van der Waals surface area contributed by atoms with Gasteiger partial charge in [-0.1, -0.05) is 49.6 Å². The van der Waals surface area contributed by atoms with Gasteiger partial charge in [0, 0.05) is 6.42 Å². The molecule has 0 aliphatic carbocycles. The van der Waals surface area contributed by atoms with Gasteiger partial charge in [0.1, 0.15) is 6.10 Å². The van der Waals surface area contributed by atoms with Crippen molar-refractivity contribution in [3.05, 3.63) is 35.9 Å². The van der Waals surface area contributed by atoms with Gasteiger partial charge in [-0.15, -0.1) is 5.92 Å². The van der Waals surface area contributed by atoms with Crippen molar-refractivity contribution in [2.75, 3.05) is 0 Å². The number of benzene rings is 1. The summed E-state index contributed by atoms with van der Waals surface area (Å²) < 4.78 is 5.63. The van der Waals surface area contributed by atoms with Gasteiger partial charge in [-0.25, -0.2) is 0 Å². The summed E-state index contributed by atoms with van der Waals surface area (Å²) >= 11 is 0. The zero-order valence-electron chi connectivity index (χ0n) is 10.2. The molecule has 1 unspecified atom stereocenters. The lowest BCUT2D eigenvalue weighted by atomic mass is 10.2. The second kappa shape index (κ2) is 7.96. The van der Waals surface area contributed by atoms with E-state index in [4.69, 9.17) is 4.74 Å². The van der Waals surface area contributed by atoms with Crippen LogP contribution in [0.4, 0.5) is 0 Å². The van der Waals surface area contributed by atoms with E-state index in [1.165, 1.54) is 18.4 Å². The highest BCUT2D eigenvalue weighted by Crippen LogP contribution is 2.02. The summed E-state index contributed by atoms with van der Waals surface area (Å²) in [6, 6.07) is 10.2. The molecule has 0 heterocycles. The molecule has 1 rings (SSSR count). The Kier molecular flexibility index (Phi) is 6.37. The summed E-state index contributed by atoms with van der Waals surface area (Å²) in [6.07, 6.45) is 3.39. The van der Waals surface area contributed by atoms with Crippen LogP contribution in [0.15, 0.2) is 30.3 Å². The van der Waals surface area contributed by atoms with Gasteiger partial charge in [0.25, 0.3) is 0 Å². The fraction of sp³-hybridized carbons (Fsp3) is 0.467. The molecule has 1 nitrogen and oxygen atoms in total. The molecule has 1 atom stereocenters. The van der Waals surface area contributed by atoms with Crippen LogP contribution in [0, 0.1) is 11.8 Å². The summed E-state index contributed by atoms with van der Waals surface area (Å²) in [5.74, 6) is 6.26. The maximum atomic E-state index is 5.63. The fourth-order valence-corrected chi connectivity index (χ4v) is 1.32. The second-order valence-corrected chi connectivity index (χ2v) is 3.86. The molecule has 0 amide bonds. The highest BCUT2D eigenvalue weighted by atomic mass is 16.5. The Labute approximate surface area is 98.8 Å². The molecule has 1 aromatic carbocycles. The predicted molar refractivity (Wildman–Crippen MR) is 68.0 cm³/mol. The van der Waals surface area contributed by atoms with Crippen molar-refractivity contribution in [2.45, 2.75) is 45.8 Å². The smallest absolute Gasteiger partial charge is 0.115 e. The van der Waals surface area contributed by atoms with Gasteiger partial charge in [-0.3, -0.25) is 0 Å². The average Bonchev–Trinajstić information content (AvgIpc) is 2.33. The van der Waals surface area contributed by atoms with Crippen LogP contribution < -0.4 is 0 Å². The van der Waals surface area contributed by atoms with Crippen LogP contribution in [0.5, 0.6) is 0 Å². The Bertz CT molecular complexity index is 331. The predicted octanol–water partition coefficient (Wildman–Crippen LogP) is 3.79. The van der Waals surface area contributed by atoms with Crippen molar-refractivity contribution in [3.63, 3.8) is 0 Å². The zero-order chi connectivity index (χ0) is 11.6. The monoisotopic (exact) mass is 216 g/mol. The lowest BCUT2D eigenvalue weighted by Crippen LogP contribution is -2.04. The van der Waals surface area contributed by atoms with E-state index in [1.54, 1.807) is 0 Å². The number of hydrogen-bond acceptors (Lipinski definition) is 1. The molecule has 0 saturated carbocycles. The third-order valence-corrected chi connectivity index (χ3v) is 2.30. The van der Waals surface area contributed by atoms with Gasteiger partial charge in [-0.05, 0) is 18.9 Å². The van der Waals surface area contributed by atoms with E-state index >= 15 is 0 Å². The highest BCUT2D eigenvalue weighted by molar-refractivity contribution is 5.13. The fourth-order valence-electron chi connectivity index (χ4n) is 1.32. The largest absolute Gasteiger partial charge is 0.361 e. The van der Waals surface area contributed by atoms with E-state index in [9.17, 15) is 0 Å². The lowest BCUT2D eigenvalue weighted by molar-refractivity contribution is 0.0900. The van der Waals surface area contributed by atoms with Gasteiger partial charge in [0.05, 0.1) is 6.61 Å². The van der Waals surface area contributed by atoms with E-state index in [0.717, 1.165) is 6.42 Å². The molecule has 0 bridgehead atoms. The average molecular weight is 216 g/mol. The van der Waals surface area contributed by atoms with E-state index in [-0.39, 0.29) is 6.10 Å². The van der Waals surface area contributed by atoms with Crippen molar-refractivity contribution in [1.29, 1.82) is 0 Å². The van der Waals surface area contributed by atoms with E-state index in [0.29, 0.717) is 6.61 Å². The number of ether oxygens (including phenoxy) is 1. The molecule has 1 heteroatoms. The van der Waals surface area contributed by atoms with E-state index < -0.39 is 0 Å². The molecule has 0 N–H and O–H groups in total. The summed E-state index contributed by atoms with van der Waals surface area (Å²) in [4.78, 5) is 0. The first kappa shape index (κ1) is 12.8. The molecule has 0 aromatic heterocycles. The molecule has 0 aliphatic rings. The van der Waals surface area contributed by atoms with E-state index in [1.807, 2.05) is 25.1 Å². The van der Waals surface area contributed by atoms with Crippen LogP contribution in [0.3, 0.4) is 0 Å². The third-order valence-electron chi connectivity index (χ3n) is 2.30. The lowest BCUT2D eigenvalue weighted by Gasteiger charge is -2.06. The molecule has 16 heavy (non-hydrogen) atoms. The summed E-state index contributed by atoms with van der Waals surface area (Å²) in [7, 11) is 0. The minimum atomic E-state index is 0.0251. The van der Waals surface area contributed by atoms with Gasteiger partial charge < -0.3 is 4.74 Å². The van der Waals surface area contributed by atoms with Crippen molar-refractivity contribution in [3.8, 4) is 11.8 Å². The first-order valence-electron chi connectivity index (χ1n) is 5.97. The van der Waals surface area contributed by atoms with Crippen LogP contribution >= 0.6 is 0 Å². The molecular formula is C15H20O. The van der Waals surface area contributed by atoms with Gasteiger partial charge in [-0.2, -0.15) is 0 Å². The maximum Gasteiger partial charge on any atom is 0.115 e. The first-order valence-corrected chi connectivity index (χ1v) is 5.97. The number of hydrogen-bond donors (Lipinski definition) is 0. The molecule has 0 aliphatic heterocycles. The summed E-state index contributed by atoms with van der Waals surface area (Å²) in [6.45, 7) is 4.82. The van der Waals surface area contributed by atoms with Crippen LogP contribution in [0.25, 0.3) is 0 Å². The van der Waals surface area contributed by atoms with Crippen molar-refractivity contribution >= 4 is 0 Å². The van der Waals surface area contributed by atoms with Crippen molar-refractivity contribution in [1.82, 2.24) is 0 Å². The second-order valence-electron chi connectivity index (χ2n) is 3.86. The molecule has 0 fully saturated rings. The normalized spacial score (nSPS) is 11.6. The van der Waals surface area contributed by atoms with Gasteiger partial charge in [0.15, 0.2) is 0 Å². The molecule has 0 saturated heterocycles. The van der Waals surface area contributed by atoms with Crippen LogP contribution in [-0.4, -0.2) is 6.10 Å². The molecule has 1 aromatic rings. The Morgan fingerprint density at radius 2 is 2.00 bits per heavy atom. The maximum absolute atomic E-state index is 5.63.